The molecule has 0 saturated heterocycles. The summed E-state index contributed by atoms with van der Waals surface area (Å²) >= 11 is 0. The molecule has 2 N–H and O–H groups in total. The molecule has 114 valence electrons. The zero-order valence-electron chi connectivity index (χ0n) is 12.6. The highest BCUT2D eigenvalue weighted by Gasteiger charge is 2.68. The van der Waals surface area contributed by atoms with Crippen LogP contribution in [0.15, 0.2) is 0 Å². The molecule has 1 saturated carbocycles. The van der Waals surface area contributed by atoms with Gasteiger partial charge in [0.15, 0.2) is 0 Å². The number of hydrogen-bond acceptors (Lipinski definition) is 4. The molecule has 0 radical (unpaired) electrons. The van der Waals surface area contributed by atoms with Gasteiger partial charge < -0.3 is 15.2 Å². The second-order valence-corrected chi connectivity index (χ2v) is 6.39. The van der Waals surface area contributed by atoms with Crippen LogP contribution in [0.1, 0.15) is 40.5 Å². The molecule has 1 unspecified atom stereocenters. The number of ether oxygens (including phenoxy) is 1. The van der Waals surface area contributed by atoms with Gasteiger partial charge in [-0.05, 0) is 17.3 Å². The van der Waals surface area contributed by atoms with Crippen molar-refractivity contribution in [3.8, 4) is 0 Å². The van der Waals surface area contributed by atoms with Gasteiger partial charge in [0.05, 0.1) is 7.11 Å². The van der Waals surface area contributed by atoms with Crippen LogP contribution in [0.25, 0.3) is 0 Å². The largest absolute Gasteiger partial charge is 0.480 e. The Labute approximate surface area is 118 Å². The smallest absolute Gasteiger partial charge is 0.326 e. The van der Waals surface area contributed by atoms with Crippen LogP contribution < -0.4 is 5.32 Å². The Bertz CT molecular complexity index is 413. The molecule has 0 aromatic rings. The van der Waals surface area contributed by atoms with Crippen molar-refractivity contribution in [1.29, 1.82) is 0 Å². The molecular formula is C14H23NO5. The fraction of sp³-hybridized carbons (Fsp3) is 0.786. The van der Waals surface area contributed by atoms with E-state index in [9.17, 15) is 14.4 Å². The van der Waals surface area contributed by atoms with Crippen LogP contribution in [0.2, 0.25) is 0 Å². The quantitative estimate of drug-likeness (QED) is 0.715. The molecule has 0 spiro atoms. The lowest BCUT2D eigenvalue weighted by molar-refractivity contribution is -0.144. The minimum absolute atomic E-state index is 0.0291. The summed E-state index contributed by atoms with van der Waals surface area (Å²) in [6.07, 6.45) is -0.00742. The van der Waals surface area contributed by atoms with E-state index >= 15 is 0 Å². The fourth-order valence-electron chi connectivity index (χ4n) is 2.73. The number of carbonyl (C=O) groups excluding carboxylic acids is 2. The summed E-state index contributed by atoms with van der Waals surface area (Å²) in [5.74, 6) is -2.11. The molecule has 6 nitrogen and oxygen atoms in total. The number of nitrogens with one attached hydrogen (secondary N) is 1. The molecule has 0 aromatic heterocycles. The molecule has 0 heterocycles. The number of hydrogen-bond donors (Lipinski definition) is 2. The van der Waals surface area contributed by atoms with Gasteiger partial charge in [0.25, 0.3) is 0 Å². The van der Waals surface area contributed by atoms with Crippen molar-refractivity contribution in [2.24, 2.45) is 16.7 Å². The average Bonchev–Trinajstić information content (AvgIpc) is 2.74. The minimum Gasteiger partial charge on any atom is -0.480 e. The molecule has 6 heteroatoms. The molecule has 0 bridgehead atoms. The molecular weight excluding hydrogens is 262 g/mol. The van der Waals surface area contributed by atoms with Gasteiger partial charge in [0.2, 0.25) is 5.91 Å². The van der Waals surface area contributed by atoms with Crippen LogP contribution >= 0.6 is 0 Å². The topological polar surface area (TPSA) is 92.7 Å². The molecule has 1 rings (SSSR count). The van der Waals surface area contributed by atoms with Crippen molar-refractivity contribution in [2.45, 2.75) is 46.6 Å². The van der Waals surface area contributed by atoms with Crippen LogP contribution in [0.5, 0.6) is 0 Å². The number of esters is 1. The summed E-state index contributed by atoms with van der Waals surface area (Å²) in [6, 6.07) is -1.06. The third kappa shape index (κ3) is 2.94. The van der Waals surface area contributed by atoms with Gasteiger partial charge >= 0.3 is 11.9 Å². The average molecular weight is 285 g/mol. The van der Waals surface area contributed by atoms with Gasteiger partial charge in [0, 0.05) is 12.3 Å². The molecule has 1 aliphatic carbocycles. The van der Waals surface area contributed by atoms with E-state index in [-0.39, 0.29) is 35.5 Å². The van der Waals surface area contributed by atoms with Crippen LogP contribution in [-0.4, -0.2) is 36.1 Å². The van der Waals surface area contributed by atoms with E-state index in [1.807, 2.05) is 27.7 Å². The molecule has 1 aliphatic rings. The van der Waals surface area contributed by atoms with Crippen LogP contribution in [0.3, 0.4) is 0 Å². The Balaban J connectivity index is 2.62. The Morgan fingerprint density at radius 3 is 2.05 bits per heavy atom. The van der Waals surface area contributed by atoms with Crippen molar-refractivity contribution >= 4 is 17.8 Å². The number of rotatable bonds is 6. The van der Waals surface area contributed by atoms with E-state index in [0.717, 1.165) is 0 Å². The first-order valence-electron chi connectivity index (χ1n) is 6.65. The Hall–Kier alpha value is -1.59. The van der Waals surface area contributed by atoms with Crippen LogP contribution in [0.4, 0.5) is 0 Å². The van der Waals surface area contributed by atoms with E-state index < -0.39 is 18.0 Å². The minimum atomic E-state index is -1.14. The third-order valence-electron chi connectivity index (χ3n) is 4.76. The van der Waals surface area contributed by atoms with E-state index in [0.29, 0.717) is 0 Å². The van der Waals surface area contributed by atoms with E-state index in [1.54, 1.807) is 0 Å². The van der Waals surface area contributed by atoms with Crippen LogP contribution in [-0.2, 0) is 19.1 Å². The number of aliphatic carboxylic acids is 1. The standard InChI is InChI=1S/C14H23NO5/c1-13(2)10(14(13,3)4)11(17)15-8(12(18)19)6-7-9(16)20-5/h8,10H,6-7H2,1-5H3,(H,15,17)(H,18,19). The van der Waals surface area contributed by atoms with Gasteiger partial charge in [-0.2, -0.15) is 0 Å². The lowest BCUT2D eigenvalue weighted by Crippen LogP contribution is -2.42. The maximum absolute atomic E-state index is 12.2. The van der Waals surface area contributed by atoms with Gasteiger partial charge in [-0.3, -0.25) is 9.59 Å². The lowest BCUT2D eigenvalue weighted by Gasteiger charge is -2.14. The Morgan fingerprint density at radius 2 is 1.70 bits per heavy atom. The Morgan fingerprint density at radius 1 is 1.20 bits per heavy atom. The SMILES string of the molecule is COC(=O)CCC(NC(=O)C1C(C)(C)C1(C)C)C(=O)O. The van der Waals surface area contributed by atoms with Gasteiger partial charge in [-0.15, -0.1) is 0 Å². The highest BCUT2D eigenvalue weighted by molar-refractivity contribution is 5.88. The fourth-order valence-corrected chi connectivity index (χ4v) is 2.73. The molecule has 1 fully saturated rings. The zero-order valence-corrected chi connectivity index (χ0v) is 12.6. The molecule has 20 heavy (non-hydrogen) atoms. The summed E-state index contributed by atoms with van der Waals surface area (Å²) in [5, 5.41) is 11.6. The predicted octanol–water partition coefficient (Wildman–Crippen LogP) is 1.19. The van der Waals surface area contributed by atoms with E-state index in [2.05, 4.69) is 10.1 Å². The van der Waals surface area contributed by atoms with Crippen LogP contribution in [0, 0.1) is 16.7 Å². The van der Waals surface area contributed by atoms with Gasteiger partial charge in [0.1, 0.15) is 6.04 Å². The number of carboxylic acid groups (broad SMARTS) is 1. The third-order valence-corrected chi connectivity index (χ3v) is 4.76. The number of amides is 1. The maximum Gasteiger partial charge on any atom is 0.326 e. The molecule has 0 aliphatic heterocycles. The second-order valence-electron chi connectivity index (χ2n) is 6.39. The summed E-state index contributed by atoms with van der Waals surface area (Å²) in [7, 11) is 1.24. The second kappa shape index (κ2) is 5.42. The van der Waals surface area contributed by atoms with E-state index in [4.69, 9.17) is 5.11 Å². The monoisotopic (exact) mass is 285 g/mol. The molecule has 0 aromatic carbocycles. The predicted molar refractivity (Wildman–Crippen MR) is 71.9 cm³/mol. The first kappa shape index (κ1) is 16.5. The normalized spacial score (nSPS) is 20.9. The number of carboxylic acids is 1. The molecule has 1 atom stereocenters. The summed E-state index contributed by atoms with van der Waals surface area (Å²) in [5.41, 5.74) is -0.301. The number of methoxy groups -OCH3 is 1. The van der Waals surface area contributed by atoms with Crippen molar-refractivity contribution in [1.82, 2.24) is 5.32 Å². The Kier molecular flexibility index (Phi) is 4.46. The van der Waals surface area contributed by atoms with Gasteiger partial charge in [-0.1, -0.05) is 27.7 Å². The lowest BCUT2D eigenvalue weighted by atomic mass is 10.0. The zero-order chi connectivity index (χ0) is 15.7. The van der Waals surface area contributed by atoms with Crippen molar-refractivity contribution in [3.63, 3.8) is 0 Å². The maximum atomic E-state index is 12.2. The van der Waals surface area contributed by atoms with Gasteiger partial charge in [-0.25, -0.2) is 4.79 Å². The first-order chi connectivity index (χ1) is 9.05. The summed E-state index contributed by atoms with van der Waals surface area (Å²) in [4.78, 5) is 34.4. The first-order valence-corrected chi connectivity index (χ1v) is 6.65. The highest BCUT2D eigenvalue weighted by Crippen LogP contribution is 2.68. The van der Waals surface area contributed by atoms with Crippen molar-refractivity contribution in [2.75, 3.05) is 7.11 Å². The summed E-state index contributed by atoms with van der Waals surface area (Å²) < 4.78 is 4.47. The van der Waals surface area contributed by atoms with E-state index in [1.165, 1.54) is 7.11 Å². The molecule has 1 amide bonds. The van der Waals surface area contributed by atoms with Crippen molar-refractivity contribution in [3.05, 3.63) is 0 Å². The van der Waals surface area contributed by atoms with Crippen molar-refractivity contribution < 1.29 is 24.2 Å². The summed E-state index contributed by atoms with van der Waals surface area (Å²) in [6.45, 7) is 7.95. The highest BCUT2D eigenvalue weighted by atomic mass is 16.5. The number of carbonyl (C=O) groups is 3.